The van der Waals surface area contributed by atoms with Crippen LogP contribution in [0.2, 0.25) is 0 Å². The number of nitrogens with zero attached hydrogens (tertiary/aromatic N) is 3. The molecular weight excluding hydrogens is 460 g/mol. The van der Waals surface area contributed by atoms with E-state index in [1.54, 1.807) is 11.8 Å². The SMILES string of the molecule is CCCCN(CC)S(=O)(=O)c1ccc(C(=O)Nc2nnc(CCSc3ccccc3)o2)cc1. The number of unbranched alkanes of at least 4 members (excludes halogenated alkanes) is 1. The minimum atomic E-state index is -3.59. The van der Waals surface area contributed by atoms with Gasteiger partial charge in [0.15, 0.2) is 0 Å². The second-order valence-electron chi connectivity index (χ2n) is 7.24. The van der Waals surface area contributed by atoms with Crippen LogP contribution in [-0.4, -0.2) is 47.7 Å². The Bertz CT molecular complexity index is 1130. The van der Waals surface area contributed by atoms with Gasteiger partial charge in [0.05, 0.1) is 4.90 Å². The number of rotatable bonds is 12. The smallest absolute Gasteiger partial charge is 0.322 e. The van der Waals surface area contributed by atoms with Gasteiger partial charge >= 0.3 is 6.01 Å². The lowest BCUT2D eigenvalue weighted by Gasteiger charge is -2.20. The maximum absolute atomic E-state index is 12.8. The molecule has 1 N–H and O–H groups in total. The standard InChI is InChI=1S/C23H28N4O4S2/c1-3-5-16-27(4-2)33(29,30)20-13-11-18(12-14-20)22(28)24-23-26-25-21(31-23)15-17-32-19-9-7-6-8-10-19/h6-14H,3-5,15-17H2,1-2H3,(H,24,26,28). The van der Waals surface area contributed by atoms with Crippen molar-refractivity contribution in [2.75, 3.05) is 24.2 Å². The van der Waals surface area contributed by atoms with Crippen LogP contribution in [0.3, 0.4) is 0 Å². The molecule has 1 heterocycles. The van der Waals surface area contributed by atoms with Crippen molar-refractivity contribution in [2.24, 2.45) is 0 Å². The van der Waals surface area contributed by atoms with Crippen LogP contribution in [0.1, 0.15) is 42.9 Å². The molecule has 0 atom stereocenters. The molecule has 0 aliphatic carbocycles. The molecule has 1 aromatic heterocycles. The van der Waals surface area contributed by atoms with Gasteiger partial charge < -0.3 is 4.42 Å². The third-order valence-electron chi connectivity index (χ3n) is 4.88. The Balaban J connectivity index is 1.56. The number of aromatic nitrogens is 2. The minimum absolute atomic E-state index is 0.00753. The highest BCUT2D eigenvalue weighted by Gasteiger charge is 2.23. The van der Waals surface area contributed by atoms with Gasteiger partial charge in [0, 0.05) is 35.7 Å². The average molecular weight is 489 g/mol. The number of benzene rings is 2. The number of amides is 1. The van der Waals surface area contributed by atoms with E-state index < -0.39 is 15.9 Å². The van der Waals surface area contributed by atoms with E-state index in [2.05, 4.69) is 15.5 Å². The predicted molar refractivity (Wildman–Crippen MR) is 129 cm³/mol. The van der Waals surface area contributed by atoms with Crippen molar-refractivity contribution in [1.29, 1.82) is 0 Å². The summed E-state index contributed by atoms with van der Waals surface area (Å²) in [7, 11) is -3.59. The van der Waals surface area contributed by atoms with E-state index >= 15 is 0 Å². The van der Waals surface area contributed by atoms with Crippen molar-refractivity contribution in [2.45, 2.75) is 42.9 Å². The Morgan fingerprint density at radius 3 is 2.45 bits per heavy atom. The predicted octanol–water partition coefficient (Wildman–Crippen LogP) is 4.47. The van der Waals surface area contributed by atoms with Crippen LogP contribution in [0, 0.1) is 0 Å². The van der Waals surface area contributed by atoms with Crippen LogP contribution in [-0.2, 0) is 16.4 Å². The molecule has 0 saturated carbocycles. The van der Waals surface area contributed by atoms with Crippen LogP contribution in [0.25, 0.3) is 0 Å². The average Bonchev–Trinajstić information content (AvgIpc) is 3.27. The maximum atomic E-state index is 12.8. The van der Waals surface area contributed by atoms with Gasteiger partial charge in [0.2, 0.25) is 15.9 Å². The zero-order chi connectivity index (χ0) is 23.7. The molecule has 1 amide bonds. The summed E-state index contributed by atoms with van der Waals surface area (Å²) in [5, 5.41) is 10.4. The van der Waals surface area contributed by atoms with Crippen molar-refractivity contribution in [1.82, 2.24) is 14.5 Å². The molecule has 0 bridgehead atoms. The monoisotopic (exact) mass is 488 g/mol. The summed E-state index contributed by atoms with van der Waals surface area (Å²) in [6.45, 7) is 4.70. The summed E-state index contributed by atoms with van der Waals surface area (Å²) < 4.78 is 32.6. The van der Waals surface area contributed by atoms with Gasteiger partial charge in [-0.3, -0.25) is 10.1 Å². The topological polar surface area (TPSA) is 105 Å². The van der Waals surface area contributed by atoms with Crippen molar-refractivity contribution >= 4 is 33.7 Å². The number of anilines is 1. The van der Waals surface area contributed by atoms with Crippen LogP contribution in [0.15, 0.2) is 68.8 Å². The second kappa shape index (κ2) is 12.0. The largest absolute Gasteiger partial charge is 0.408 e. The highest BCUT2D eigenvalue weighted by molar-refractivity contribution is 7.99. The van der Waals surface area contributed by atoms with E-state index in [1.807, 2.05) is 44.2 Å². The molecule has 0 fully saturated rings. The molecule has 33 heavy (non-hydrogen) atoms. The Hall–Kier alpha value is -2.69. The number of hydrogen-bond acceptors (Lipinski definition) is 7. The highest BCUT2D eigenvalue weighted by Crippen LogP contribution is 2.20. The molecule has 0 aliphatic rings. The molecule has 10 heteroatoms. The lowest BCUT2D eigenvalue weighted by atomic mass is 10.2. The maximum Gasteiger partial charge on any atom is 0.322 e. The van der Waals surface area contributed by atoms with E-state index in [9.17, 15) is 13.2 Å². The van der Waals surface area contributed by atoms with Crippen molar-refractivity contribution in [3.63, 3.8) is 0 Å². The van der Waals surface area contributed by atoms with E-state index in [1.165, 1.54) is 28.6 Å². The lowest BCUT2D eigenvalue weighted by molar-refractivity contribution is 0.102. The fraction of sp³-hybridized carbons (Fsp3) is 0.348. The number of carbonyl (C=O) groups excluding carboxylic acids is 1. The molecule has 0 aliphatic heterocycles. The normalized spacial score (nSPS) is 11.6. The molecule has 0 unspecified atom stereocenters. The molecular formula is C23H28N4O4S2. The Kier molecular flexibility index (Phi) is 9.04. The number of sulfonamides is 1. The number of aryl methyl sites for hydroxylation is 1. The summed E-state index contributed by atoms with van der Waals surface area (Å²) in [5.74, 6) is 0.746. The summed E-state index contributed by atoms with van der Waals surface area (Å²) in [4.78, 5) is 13.8. The van der Waals surface area contributed by atoms with E-state index in [-0.39, 0.29) is 10.9 Å². The van der Waals surface area contributed by atoms with Gasteiger partial charge in [0.25, 0.3) is 5.91 Å². The van der Waals surface area contributed by atoms with Crippen molar-refractivity contribution < 1.29 is 17.6 Å². The van der Waals surface area contributed by atoms with Gasteiger partial charge in [-0.2, -0.15) is 4.31 Å². The van der Waals surface area contributed by atoms with E-state index in [0.717, 1.165) is 23.5 Å². The molecule has 0 saturated heterocycles. The molecule has 8 nitrogen and oxygen atoms in total. The van der Waals surface area contributed by atoms with E-state index in [4.69, 9.17) is 4.42 Å². The number of hydrogen-bond donors (Lipinski definition) is 1. The van der Waals surface area contributed by atoms with Crippen LogP contribution < -0.4 is 5.32 Å². The fourth-order valence-corrected chi connectivity index (χ4v) is 5.41. The van der Waals surface area contributed by atoms with Crippen molar-refractivity contribution in [3.8, 4) is 0 Å². The van der Waals surface area contributed by atoms with Crippen molar-refractivity contribution in [3.05, 3.63) is 66.1 Å². The highest BCUT2D eigenvalue weighted by atomic mass is 32.2. The molecule has 0 spiro atoms. The summed E-state index contributed by atoms with van der Waals surface area (Å²) >= 11 is 1.68. The van der Waals surface area contributed by atoms with Crippen LogP contribution in [0.5, 0.6) is 0 Å². The first-order valence-corrected chi connectivity index (χ1v) is 13.3. The number of thioether (sulfide) groups is 1. The molecule has 0 radical (unpaired) electrons. The number of nitrogens with one attached hydrogen (secondary N) is 1. The fourth-order valence-electron chi connectivity index (χ4n) is 3.06. The Morgan fingerprint density at radius 2 is 1.79 bits per heavy atom. The first kappa shape index (κ1) is 24.9. The third kappa shape index (κ3) is 6.89. The first-order chi connectivity index (χ1) is 15.9. The Labute approximate surface area is 198 Å². The lowest BCUT2D eigenvalue weighted by Crippen LogP contribution is -2.31. The first-order valence-electron chi connectivity index (χ1n) is 10.9. The number of carbonyl (C=O) groups is 1. The zero-order valence-electron chi connectivity index (χ0n) is 18.7. The third-order valence-corrected chi connectivity index (χ3v) is 7.89. The van der Waals surface area contributed by atoms with Crippen LogP contribution >= 0.6 is 11.8 Å². The minimum Gasteiger partial charge on any atom is -0.408 e. The van der Waals surface area contributed by atoms with Gasteiger partial charge in [-0.15, -0.1) is 16.9 Å². The summed E-state index contributed by atoms with van der Waals surface area (Å²) in [6, 6.07) is 15.8. The summed E-state index contributed by atoms with van der Waals surface area (Å²) in [6.07, 6.45) is 2.28. The molecule has 176 valence electrons. The van der Waals surface area contributed by atoms with Crippen LogP contribution in [0.4, 0.5) is 6.01 Å². The van der Waals surface area contributed by atoms with Gasteiger partial charge in [-0.25, -0.2) is 8.42 Å². The molecule has 3 rings (SSSR count). The van der Waals surface area contributed by atoms with E-state index in [0.29, 0.717) is 31.0 Å². The van der Waals surface area contributed by atoms with Gasteiger partial charge in [-0.05, 0) is 42.8 Å². The van der Waals surface area contributed by atoms with Gasteiger partial charge in [0.1, 0.15) is 0 Å². The van der Waals surface area contributed by atoms with Gasteiger partial charge in [-0.1, -0.05) is 43.6 Å². The summed E-state index contributed by atoms with van der Waals surface area (Å²) in [5.41, 5.74) is 0.296. The quantitative estimate of drug-likeness (QED) is 0.375. The molecule has 2 aromatic carbocycles. The zero-order valence-corrected chi connectivity index (χ0v) is 20.4. The Morgan fingerprint density at radius 1 is 1.06 bits per heavy atom. The molecule has 3 aromatic rings. The second-order valence-corrected chi connectivity index (χ2v) is 10.3.